The van der Waals surface area contributed by atoms with Crippen molar-refractivity contribution in [3.63, 3.8) is 0 Å². The van der Waals surface area contributed by atoms with Crippen LogP contribution in [0.4, 0.5) is 0 Å². The van der Waals surface area contributed by atoms with Crippen molar-refractivity contribution in [3.8, 4) is 55.9 Å². The number of benzene rings is 5. The summed E-state index contributed by atoms with van der Waals surface area (Å²) in [7, 11) is 0. The van der Waals surface area contributed by atoms with Crippen LogP contribution < -0.4 is 0 Å². The third-order valence-corrected chi connectivity index (χ3v) is 11.5. The molecule has 295 valence electrons. The Morgan fingerprint density at radius 2 is 1.24 bits per heavy atom. The molecule has 0 atom stereocenters. The van der Waals surface area contributed by atoms with E-state index < -0.39 is 11.8 Å². The average molecular weight is 937 g/mol. The van der Waals surface area contributed by atoms with Crippen molar-refractivity contribution in [2.24, 2.45) is 5.41 Å². The summed E-state index contributed by atoms with van der Waals surface area (Å²) in [6.07, 6.45) is 10.5. The first-order chi connectivity index (χ1) is 28.4. The molecule has 1 radical (unpaired) electrons. The Hall–Kier alpha value is -4.95. The largest absolute Gasteiger partial charge is 0.305 e. The van der Waals surface area contributed by atoms with Gasteiger partial charge in [0.2, 0.25) is 0 Å². The Labute approximate surface area is 363 Å². The van der Waals surface area contributed by atoms with E-state index in [1.54, 1.807) is 12.3 Å². The minimum absolute atomic E-state index is 0. The number of rotatable bonds is 10. The number of hydrogen-bond acceptors (Lipinski definition) is 2. The Morgan fingerprint density at radius 1 is 0.603 bits per heavy atom. The van der Waals surface area contributed by atoms with Crippen molar-refractivity contribution in [2.45, 2.75) is 91.4 Å². The third-order valence-electron chi connectivity index (χ3n) is 11.5. The number of hydrogen-bond donors (Lipinski definition) is 0. The normalized spacial score (nSPS) is 14.6. The van der Waals surface area contributed by atoms with Crippen LogP contribution >= 0.6 is 0 Å². The summed E-state index contributed by atoms with van der Waals surface area (Å²) < 4.78 is 17.4. The van der Waals surface area contributed by atoms with Gasteiger partial charge in [-0.15, -0.1) is 65.2 Å². The second kappa shape index (κ2) is 17.9. The maximum absolute atomic E-state index is 8.71. The van der Waals surface area contributed by atoms with E-state index in [0.29, 0.717) is 11.0 Å². The van der Waals surface area contributed by atoms with Crippen molar-refractivity contribution in [3.05, 3.63) is 180 Å². The molecule has 0 saturated heterocycles. The Balaban J connectivity index is 0.00000544. The molecular formula is C55H54IrN2-2. The first-order valence-electron chi connectivity index (χ1n) is 21.6. The second-order valence-corrected chi connectivity index (χ2v) is 17.3. The molecule has 7 aromatic rings. The number of aryl methyl sites for hydroxylation is 3. The van der Waals surface area contributed by atoms with Gasteiger partial charge in [-0.05, 0) is 100 Å². The summed E-state index contributed by atoms with van der Waals surface area (Å²) in [6.45, 7) is 10.4. The van der Waals surface area contributed by atoms with Gasteiger partial charge in [0.05, 0.1) is 0 Å². The molecule has 0 unspecified atom stereocenters. The molecule has 0 aliphatic heterocycles. The summed E-state index contributed by atoms with van der Waals surface area (Å²) in [4.78, 5) is 9.30. The summed E-state index contributed by atoms with van der Waals surface area (Å²) in [5.41, 5.74) is 16.2. The van der Waals surface area contributed by atoms with E-state index in [2.05, 4.69) is 146 Å². The third kappa shape index (κ3) is 9.83. The zero-order valence-corrected chi connectivity index (χ0v) is 36.9. The summed E-state index contributed by atoms with van der Waals surface area (Å²) >= 11 is 0. The van der Waals surface area contributed by atoms with Crippen LogP contribution in [0, 0.1) is 24.5 Å². The molecule has 0 spiro atoms. The van der Waals surface area contributed by atoms with Gasteiger partial charge in [0.15, 0.2) is 0 Å². The van der Waals surface area contributed by atoms with E-state index in [9.17, 15) is 0 Å². The van der Waals surface area contributed by atoms with Crippen LogP contribution in [0.5, 0.6) is 0 Å². The van der Waals surface area contributed by atoms with Crippen LogP contribution in [0.25, 0.3) is 55.9 Å². The van der Waals surface area contributed by atoms with Crippen LogP contribution in [-0.4, -0.2) is 9.97 Å². The molecule has 2 nitrogen and oxygen atoms in total. The standard InChI is InChI=1S/C55H54N2.Ir/c1-39-33-41(14-13-40-15-17-45(18-16-40)52-36-42(27-31-56-52)38-54(2,3)4)35-48(34-39)51-12-8-7-11-50(51)44-19-21-46(22-20-44)53-37-47(28-32-57-53)43-23-25-49(26-24-43)55(5)29-9-6-10-30-55;/h7-8,11-12,15-17,19-21,23-28,31-37H,6,9-10,13-14,29-30,38H2,1-5H3;/q-2;/i38D2;. The number of pyridine rings is 2. The number of aromatic nitrogens is 2. The molecule has 2 aromatic heterocycles. The molecule has 0 N–H and O–H groups in total. The van der Waals surface area contributed by atoms with Crippen LogP contribution in [0.15, 0.2) is 140 Å². The molecule has 0 amide bonds. The monoisotopic (exact) mass is 937 g/mol. The average Bonchev–Trinajstić information content (AvgIpc) is 3.26. The Morgan fingerprint density at radius 3 is 1.91 bits per heavy atom. The van der Waals surface area contributed by atoms with Gasteiger partial charge in [0, 0.05) is 35.2 Å². The SMILES string of the molecule is [2H]C([2H])(c1ccnc(-c2[c-]cc(CCc3cc(C)cc(-c4ccccc4-c4c[c-]c(-c5cc(-c6ccc(C7(C)CCCCC7)cc6)ccn5)cc4)c3)cc2)c1)C(C)(C)C.[Ir]. The van der Waals surface area contributed by atoms with E-state index in [4.69, 9.17) is 7.73 Å². The van der Waals surface area contributed by atoms with Gasteiger partial charge in [-0.25, -0.2) is 0 Å². The van der Waals surface area contributed by atoms with Gasteiger partial charge in [-0.1, -0.05) is 154 Å². The molecule has 2 heterocycles. The quantitative estimate of drug-likeness (QED) is 0.128. The van der Waals surface area contributed by atoms with Crippen molar-refractivity contribution < 1.29 is 22.8 Å². The van der Waals surface area contributed by atoms with Crippen molar-refractivity contribution >= 4 is 0 Å². The minimum Gasteiger partial charge on any atom is -0.305 e. The van der Waals surface area contributed by atoms with Gasteiger partial charge in [-0.2, -0.15) is 0 Å². The molecule has 5 aromatic carbocycles. The fourth-order valence-corrected chi connectivity index (χ4v) is 8.49. The van der Waals surface area contributed by atoms with Gasteiger partial charge >= 0.3 is 0 Å². The zero-order chi connectivity index (χ0) is 41.2. The summed E-state index contributed by atoms with van der Waals surface area (Å²) in [5.74, 6) is 0. The van der Waals surface area contributed by atoms with Crippen LogP contribution in [0.1, 0.15) is 90.4 Å². The first kappa shape index (κ1) is 38.6. The molecule has 58 heavy (non-hydrogen) atoms. The van der Waals surface area contributed by atoms with Crippen molar-refractivity contribution in [1.29, 1.82) is 0 Å². The maximum Gasteiger partial charge on any atom is 0.0321 e. The van der Waals surface area contributed by atoms with Crippen molar-refractivity contribution in [1.82, 2.24) is 9.97 Å². The van der Waals surface area contributed by atoms with Crippen LogP contribution in [-0.2, 0) is 44.7 Å². The van der Waals surface area contributed by atoms with Crippen LogP contribution in [0.3, 0.4) is 0 Å². The second-order valence-electron chi connectivity index (χ2n) is 17.3. The summed E-state index contributed by atoms with van der Waals surface area (Å²) in [6, 6.07) is 52.4. The van der Waals surface area contributed by atoms with Crippen LogP contribution in [0.2, 0.25) is 0 Å². The topological polar surface area (TPSA) is 25.8 Å². The van der Waals surface area contributed by atoms with E-state index in [-0.39, 0.29) is 20.1 Å². The fraction of sp³-hybridized carbons (Fsp3) is 0.273. The van der Waals surface area contributed by atoms with Gasteiger partial charge in [-0.3, -0.25) is 0 Å². The molecular weight excluding hydrogens is 881 g/mol. The van der Waals surface area contributed by atoms with E-state index in [1.807, 2.05) is 33.0 Å². The van der Waals surface area contributed by atoms with Gasteiger partial charge in [0.1, 0.15) is 0 Å². The molecule has 8 rings (SSSR count). The Bertz CT molecular complexity index is 2550. The molecule has 1 fully saturated rings. The predicted octanol–water partition coefficient (Wildman–Crippen LogP) is 14.3. The smallest absolute Gasteiger partial charge is 0.0321 e. The molecule has 0 bridgehead atoms. The minimum atomic E-state index is -1.48. The fourth-order valence-electron chi connectivity index (χ4n) is 8.49. The van der Waals surface area contributed by atoms with E-state index in [0.717, 1.165) is 40.9 Å². The van der Waals surface area contributed by atoms with E-state index in [1.165, 1.54) is 82.2 Å². The van der Waals surface area contributed by atoms with E-state index >= 15 is 0 Å². The number of nitrogens with zero attached hydrogens (tertiary/aromatic N) is 2. The zero-order valence-electron chi connectivity index (χ0n) is 36.5. The summed E-state index contributed by atoms with van der Waals surface area (Å²) in [5, 5.41) is 0. The van der Waals surface area contributed by atoms with Gasteiger partial charge in [0.25, 0.3) is 0 Å². The molecule has 1 saturated carbocycles. The molecule has 1 aliphatic rings. The molecule has 3 heteroatoms. The van der Waals surface area contributed by atoms with Gasteiger partial charge < -0.3 is 9.97 Å². The predicted molar refractivity (Wildman–Crippen MR) is 239 cm³/mol. The van der Waals surface area contributed by atoms with Crippen molar-refractivity contribution in [2.75, 3.05) is 0 Å². The Kier molecular flexibility index (Phi) is 11.9. The molecule has 1 aliphatic carbocycles. The maximum atomic E-state index is 8.71. The first-order valence-corrected chi connectivity index (χ1v) is 20.6.